The van der Waals surface area contributed by atoms with E-state index in [1.807, 2.05) is 54.7 Å². The molecule has 6 nitrogen and oxygen atoms in total. The van der Waals surface area contributed by atoms with E-state index < -0.39 is 0 Å². The molecule has 2 saturated heterocycles. The van der Waals surface area contributed by atoms with E-state index in [2.05, 4.69) is 26.2 Å². The molecule has 0 saturated carbocycles. The van der Waals surface area contributed by atoms with Crippen LogP contribution in [0.3, 0.4) is 0 Å². The molecule has 2 fully saturated rings. The fourth-order valence-electron chi connectivity index (χ4n) is 4.53. The molecular weight excluding hydrogens is 456 g/mol. The predicted molar refractivity (Wildman–Crippen MR) is 133 cm³/mol. The van der Waals surface area contributed by atoms with Gasteiger partial charge in [0.2, 0.25) is 0 Å². The maximum atomic E-state index is 6.38. The Balaban J connectivity index is 1.39. The van der Waals surface area contributed by atoms with Gasteiger partial charge in [-0.1, -0.05) is 17.7 Å². The average Bonchev–Trinajstić information content (AvgIpc) is 3.46. The minimum Gasteiger partial charge on any atom is -0.459 e. The second-order valence-electron chi connectivity index (χ2n) is 8.34. The summed E-state index contributed by atoms with van der Waals surface area (Å²) in [6.45, 7) is 5.48. The zero-order valence-electron chi connectivity index (χ0n) is 18.3. The Kier molecular flexibility index (Phi) is 6.92. The van der Waals surface area contributed by atoms with Crippen LogP contribution >= 0.6 is 23.8 Å². The highest BCUT2D eigenvalue weighted by Gasteiger charge is 2.41. The Morgan fingerprint density at radius 2 is 1.85 bits per heavy atom. The third-order valence-electron chi connectivity index (χ3n) is 6.22. The molecule has 2 aliphatic rings. The van der Waals surface area contributed by atoms with Crippen molar-refractivity contribution < 1.29 is 9.15 Å². The molecule has 2 aromatic heterocycles. The van der Waals surface area contributed by atoms with Crippen LogP contribution in [0.2, 0.25) is 5.02 Å². The van der Waals surface area contributed by atoms with Gasteiger partial charge in [-0.2, -0.15) is 0 Å². The molecule has 0 bridgehead atoms. The highest BCUT2D eigenvalue weighted by atomic mass is 35.5. The SMILES string of the molecule is S=C1NC(c2ccccn2)C(c2ccc(-c3ccc(Cl)cc3)o2)N1CCCN1CCOCC1. The zero-order valence-corrected chi connectivity index (χ0v) is 19.9. The van der Waals surface area contributed by atoms with Gasteiger partial charge in [0.15, 0.2) is 5.11 Å². The quantitative estimate of drug-likeness (QED) is 0.490. The summed E-state index contributed by atoms with van der Waals surface area (Å²) >= 11 is 11.8. The monoisotopic (exact) mass is 482 g/mol. The molecule has 3 aromatic rings. The van der Waals surface area contributed by atoms with Crippen molar-refractivity contribution in [2.45, 2.75) is 18.5 Å². The van der Waals surface area contributed by atoms with Gasteiger partial charge in [0.05, 0.1) is 24.9 Å². The summed E-state index contributed by atoms with van der Waals surface area (Å²) in [5.74, 6) is 1.68. The summed E-state index contributed by atoms with van der Waals surface area (Å²) < 4.78 is 11.9. The molecule has 0 radical (unpaired) electrons. The van der Waals surface area contributed by atoms with Crippen LogP contribution in [-0.4, -0.2) is 59.3 Å². The molecule has 2 atom stereocenters. The van der Waals surface area contributed by atoms with Crippen LogP contribution in [0, 0.1) is 0 Å². The first-order chi connectivity index (χ1) is 16.2. The van der Waals surface area contributed by atoms with Gasteiger partial charge in [-0.25, -0.2) is 0 Å². The number of benzene rings is 1. The fraction of sp³-hybridized carbons (Fsp3) is 0.360. The molecule has 0 spiro atoms. The molecule has 2 unspecified atom stereocenters. The van der Waals surface area contributed by atoms with Gasteiger partial charge in [-0.05, 0) is 67.2 Å². The fourth-order valence-corrected chi connectivity index (χ4v) is 4.98. The van der Waals surface area contributed by atoms with Gasteiger partial charge in [-0.15, -0.1) is 0 Å². The third-order valence-corrected chi connectivity index (χ3v) is 6.83. The first kappa shape index (κ1) is 22.3. The molecule has 1 aromatic carbocycles. The summed E-state index contributed by atoms with van der Waals surface area (Å²) in [7, 11) is 0. The molecule has 1 N–H and O–H groups in total. The first-order valence-corrected chi connectivity index (χ1v) is 12.1. The van der Waals surface area contributed by atoms with Crippen molar-refractivity contribution in [3.05, 3.63) is 77.3 Å². The highest BCUT2D eigenvalue weighted by molar-refractivity contribution is 7.80. The van der Waals surface area contributed by atoms with Crippen molar-refractivity contribution in [2.24, 2.45) is 0 Å². The molecular formula is C25H27ClN4O2S. The van der Waals surface area contributed by atoms with Crippen LogP contribution in [-0.2, 0) is 4.74 Å². The highest BCUT2D eigenvalue weighted by Crippen LogP contribution is 2.40. The van der Waals surface area contributed by atoms with E-state index in [9.17, 15) is 0 Å². The number of ether oxygens (including phenoxy) is 1. The van der Waals surface area contributed by atoms with Crippen LogP contribution in [0.4, 0.5) is 0 Å². The predicted octanol–water partition coefficient (Wildman–Crippen LogP) is 4.69. The Morgan fingerprint density at radius 3 is 2.61 bits per heavy atom. The van der Waals surface area contributed by atoms with E-state index in [4.69, 9.17) is 33.0 Å². The number of rotatable bonds is 7. The summed E-state index contributed by atoms with van der Waals surface area (Å²) in [5, 5.41) is 4.94. The number of morpholine rings is 1. The molecule has 0 aliphatic carbocycles. The number of hydrogen-bond donors (Lipinski definition) is 1. The lowest BCUT2D eigenvalue weighted by Crippen LogP contribution is -2.38. The number of pyridine rings is 1. The number of aromatic nitrogens is 1. The number of thiocarbonyl (C=S) groups is 1. The van der Waals surface area contributed by atoms with E-state index in [0.717, 1.165) is 73.7 Å². The minimum atomic E-state index is -0.0775. The Labute approximate surface area is 204 Å². The third kappa shape index (κ3) is 5.06. The van der Waals surface area contributed by atoms with E-state index in [1.165, 1.54) is 0 Å². The van der Waals surface area contributed by atoms with Crippen LogP contribution in [0.1, 0.15) is 30.0 Å². The Bertz CT molecular complexity index is 1070. The van der Waals surface area contributed by atoms with E-state index in [-0.39, 0.29) is 12.1 Å². The number of hydrogen-bond acceptors (Lipinski definition) is 5. The number of nitrogens with zero attached hydrogens (tertiary/aromatic N) is 3. The lowest BCUT2D eigenvalue weighted by atomic mass is 10.0. The van der Waals surface area contributed by atoms with Crippen molar-refractivity contribution in [2.75, 3.05) is 39.4 Å². The van der Waals surface area contributed by atoms with Crippen LogP contribution in [0.25, 0.3) is 11.3 Å². The van der Waals surface area contributed by atoms with Crippen LogP contribution in [0.5, 0.6) is 0 Å². The molecule has 33 heavy (non-hydrogen) atoms. The number of nitrogens with one attached hydrogen (secondary N) is 1. The second kappa shape index (κ2) is 10.2. The summed E-state index contributed by atoms with van der Waals surface area (Å²) in [6.07, 6.45) is 2.83. The van der Waals surface area contributed by atoms with Crippen molar-refractivity contribution in [3.8, 4) is 11.3 Å². The van der Waals surface area contributed by atoms with Crippen LogP contribution in [0.15, 0.2) is 65.2 Å². The molecule has 5 rings (SSSR count). The normalized spacial score (nSPS) is 21.4. The minimum absolute atomic E-state index is 0.0712. The van der Waals surface area contributed by atoms with Gasteiger partial charge in [0.25, 0.3) is 0 Å². The Morgan fingerprint density at radius 1 is 1.03 bits per heavy atom. The smallest absolute Gasteiger partial charge is 0.170 e. The van der Waals surface area contributed by atoms with Crippen molar-refractivity contribution in [1.82, 2.24) is 20.1 Å². The Hall–Kier alpha value is -2.45. The average molecular weight is 483 g/mol. The maximum Gasteiger partial charge on any atom is 0.170 e. The molecule has 0 amide bonds. The van der Waals surface area contributed by atoms with Crippen molar-refractivity contribution in [3.63, 3.8) is 0 Å². The maximum absolute atomic E-state index is 6.38. The molecule has 172 valence electrons. The van der Waals surface area contributed by atoms with Crippen LogP contribution < -0.4 is 5.32 Å². The molecule has 8 heteroatoms. The molecule has 2 aliphatic heterocycles. The summed E-state index contributed by atoms with van der Waals surface area (Å²) in [4.78, 5) is 9.31. The summed E-state index contributed by atoms with van der Waals surface area (Å²) in [5.41, 5.74) is 1.94. The largest absolute Gasteiger partial charge is 0.459 e. The summed E-state index contributed by atoms with van der Waals surface area (Å²) in [6, 6.07) is 17.6. The lowest BCUT2D eigenvalue weighted by Gasteiger charge is -2.29. The zero-order chi connectivity index (χ0) is 22.6. The van der Waals surface area contributed by atoms with Gasteiger partial charge >= 0.3 is 0 Å². The standard InChI is InChI=1S/C25H27ClN4O2S/c26-19-7-5-18(6-8-19)21-9-10-22(32-21)24-23(20-4-1-2-11-27-20)28-25(33)30(24)13-3-12-29-14-16-31-17-15-29/h1-2,4-11,23-24H,3,12-17H2,(H,28,33). The number of furan rings is 1. The van der Waals surface area contributed by atoms with Crippen molar-refractivity contribution >= 4 is 28.9 Å². The first-order valence-electron chi connectivity index (χ1n) is 11.3. The number of halogens is 1. The topological polar surface area (TPSA) is 53.8 Å². The molecule has 4 heterocycles. The van der Waals surface area contributed by atoms with E-state index in [0.29, 0.717) is 5.02 Å². The van der Waals surface area contributed by atoms with Gasteiger partial charge in [0, 0.05) is 43.0 Å². The van der Waals surface area contributed by atoms with E-state index in [1.54, 1.807) is 0 Å². The van der Waals surface area contributed by atoms with E-state index >= 15 is 0 Å². The van der Waals surface area contributed by atoms with Crippen molar-refractivity contribution in [1.29, 1.82) is 0 Å². The van der Waals surface area contributed by atoms with Gasteiger partial charge in [-0.3, -0.25) is 9.88 Å². The lowest BCUT2D eigenvalue weighted by molar-refractivity contribution is 0.0365. The van der Waals surface area contributed by atoms with Gasteiger partial charge in [0.1, 0.15) is 17.6 Å². The second-order valence-corrected chi connectivity index (χ2v) is 9.16. The van der Waals surface area contributed by atoms with Gasteiger partial charge < -0.3 is 19.4 Å².